The minimum absolute atomic E-state index is 0. The van der Waals surface area contributed by atoms with E-state index < -0.39 is 5.97 Å². The molecule has 39 heavy (non-hydrogen) atoms. The Bertz CT molecular complexity index is 1530. The van der Waals surface area contributed by atoms with Gasteiger partial charge >= 0.3 is 35.5 Å². The van der Waals surface area contributed by atoms with Gasteiger partial charge in [0.2, 0.25) is 0 Å². The monoisotopic (exact) mass is 590 g/mol. The average molecular weight is 591 g/mol. The number of anilines is 1. The van der Waals surface area contributed by atoms with E-state index >= 15 is 0 Å². The standard InChI is InChI=1S/C28H24Cl2N4O3S.Na.H/c1-14-21(29)22(30)24(31-14)26(35)33-23-18-12-34(13-19(18)23)28-32-20(25(38-28)27(36)37)11-15-7-9-17(10-8-15)16-5-3-2-4-6-16;;/h2-10,18-19,23,31H,11-13H2,1H3,(H,33,35)(H,36,37);;/t18-,19+,23?;;. The van der Waals surface area contributed by atoms with Crippen LogP contribution in [0.1, 0.15) is 37.1 Å². The van der Waals surface area contributed by atoms with E-state index in [1.54, 1.807) is 6.92 Å². The summed E-state index contributed by atoms with van der Waals surface area (Å²) in [6, 6.07) is 18.3. The van der Waals surface area contributed by atoms with Crippen LogP contribution in [0.4, 0.5) is 5.13 Å². The molecule has 4 aromatic rings. The van der Waals surface area contributed by atoms with Crippen LogP contribution in [0, 0.1) is 18.8 Å². The summed E-state index contributed by atoms with van der Waals surface area (Å²) in [6.07, 6.45) is 0.450. The Morgan fingerprint density at radius 3 is 2.28 bits per heavy atom. The predicted molar refractivity (Wildman–Crippen MR) is 157 cm³/mol. The number of piperidine rings is 1. The summed E-state index contributed by atoms with van der Waals surface area (Å²) in [5.41, 5.74) is 4.77. The Morgan fingerprint density at radius 1 is 1.05 bits per heavy atom. The number of carboxylic acids is 1. The van der Waals surface area contributed by atoms with Crippen LogP contribution in [0.5, 0.6) is 0 Å². The maximum atomic E-state index is 12.7. The number of aryl methyl sites for hydroxylation is 1. The van der Waals surface area contributed by atoms with Gasteiger partial charge in [0, 0.05) is 43.1 Å². The number of fused-ring (bicyclic) bond motifs is 1. The van der Waals surface area contributed by atoms with Crippen molar-refractivity contribution in [2.45, 2.75) is 19.4 Å². The second-order valence-corrected chi connectivity index (χ2v) is 11.5. The zero-order valence-corrected chi connectivity index (χ0v) is 22.7. The molecule has 1 unspecified atom stereocenters. The summed E-state index contributed by atoms with van der Waals surface area (Å²) in [6.45, 7) is 3.19. The molecule has 6 rings (SSSR count). The van der Waals surface area contributed by atoms with Crippen LogP contribution < -0.4 is 10.2 Å². The number of halogens is 2. The van der Waals surface area contributed by atoms with Crippen LogP contribution in [0.3, 0.4) is 0 Å². The van der Waals surface area contributed by atoms with E-state index in [2.05, 4.69) is 39.5 Å². The van der Waals surface area contributed by atoms with Crippen LogP contribution in [0.25, 0.3) is 11.1 Å². The molecule has 3 heterocycles. The molecule has 7 nitrogen and oxygen atoms in total. The SMILES string of the molecule is Cc1[nH]c(C(=O)NC2[C@H]3CN(c4nc(Cc5ccc(-c6ccccc6)cc5)c(C(=O)O)s4)C[C@@H]23)c(Cl)c1Cl.[NaH]. The van der Waals surface area contributed by atoms with E-state index in [1.807, 2.05) is 30.3 Å². The first kappa shape index (κ1) is 28.2. The van der Waals surface area contributed by atoms with Crippen molar-refractivity contribution in [3.05, 3.63) is 92.2 Å². The van der Waals surface area contributed by atoms with E-state index in [9.17, 15) is 14.7 Å². The molecule has 1 saturated heterocycles. The molecule has 2 aromatic carbocycles. The predicted octanol–water partition coefficient (Wildman–Crippen LogP) is 5.26. The van der Waals surface area contributed by atoms with Gasteiger partial charge in [-0.05, 0) is 23.6 Å². The van der Waals surface area contributed by atoms with Crippen molar-refractivity contribution in [3.63, 3.8) is 0 Å². The molecule has 2 aliphatic rings. The number of thiazole rings is 1. The number of amides is 1. The van der Waals surface area contributed by atoms with Gasteiger partial charge in [-0.2, -0.15) is 0 Å². The molecule has 0 bridgehead atoms. The Morgan fingerprint density at radius 2 is 1.69 bits per heavy atom. The number of hydrogen-bond donors (Lipinski definition) is 3. The van der Waals surface area contributed by atoms with Crippen molar-refractivity contribution in [3.8, 4) is 11.1 Å². The minimum atomic E-state index is -0.962. The van der Waals surface area contributed by atoms with Gasteiger partial charge in [0.15, 0.2) is 5.13 Å². The number of aromatic nitrogens is 2. The van der Waals surface area contributed by atoms with E-state index in [-0.39, 0.29) is 68.9 Å². The number of H-pyrrole nitrogens is 1. The number of aromatic carboxylic acids is 1. The molecule has 1 aliphatic carbocycles. The van der Waals surface area contributed by atoms with Gasteiger partial charge in [-0.3, -0.25) is 4.79 Å². The summed E-state index contributed by atoms with van der Waals surface area (Å²) in [7, 11) is 0. The summed E-state index contributed by atoms with van der Waals surface area (Å²) >= 11 is 13.5. The number of carboxylic acid groups (broad SMARTS) is 1. The second kappa shape index (κ2) is 11.3. The van der Waals surface area contributed by atoms with Crippen molar-refractivity contribution in [2.24, 2.45) is 11.8 Å². The van der Waals surface area contributed by atoms with E-state index in [0.29, 0.717) is 41.1 Å². The van der Waals surface area contributed by atoms with Gasteiger partial charge in [0.25, 0.3) is 5.91 Å². The van der Waals surface area contributed by atoms with Crippen LogP contribution in [-0.4, -0.2) is 75.6 Å². The topological polar surface area (TPSA) is 98.3 Å². The number of nitrogens with one attached hydrogen (secondary N) is 2. The van der Waals surface area contributed by atoms with Gasteiger partial charge < -0.3 is 20.3 Å². The van der Waals surface area contributed by atoms with E-state index in [1.165, 1.54) is 11.3 Å². The fraction of sp³-hybridized carbons (Fsp3) is 0.250. The normalized spacial score (nSPS) is 19.4. The first-order valence-electron chi connectivity index (χ1n) is 12.3. The molecule has 196 valence electrons. The number of benzene rings is 2. The van der Waals surface area contributed by atoms with Crippen molar-refractivity contribution in [1.29, 1.82) is 0 Å². The first-order valence-corrected chi connectivity index (χ1v) is 13.8. The molecule has 0 radical (unpaired) electrons. The first-order chi connectivity index (χ1) is 18.3. The summed E-state index contributed by atoms with van der Waals surface area (Å²) < 4.78 is 0. The molecule has 3 atom stereocenters. The second-order valence-electron chi connectivity index (χ2n) is 9.80. The number of rotatable bonds is 7. The number of nitrogens with zero attached hydrogens (tertiary/aromatic N) is 2. The maximum absolute atomic E-state index is 12.7. The molecule has 2 fully saturated rings. The van der Waals surface area contributed by atoms with Crippen molar-refractivity contribution in [2.75, 3.05) is 18.0 Å². The molecule has 11 heteroatoms. The molecule has 2 aromatic heterocycles. The van der Waals surface area contributed by atoms with Gasteiger partial charge in [0.1, 0.15) is 10.6 Å². The molecular formula is C28H25Cl2N4NaO3S. The molecule has 0 spiro atoms. The third kappa shape index (κ3) is 5.51. The molecule has 1 amide bonds. The third-order valence-electron chi connectivity index (χ3n) is 7.36. The zero-order valence-electron chi connectivity index (χ0n) is 20.4. The Balaban J connectivity index is 0.00000308. The Hall–Kier alpha value is -2.33. The van der Waals surface area contributed by atoms with Crippen LogP contribution in [0.2, 0.25) is 10.0 Å². The van der Waals surface area contributed by atoms with Gasteiger partial charge in [0.05, 0.1) is 15.7 Å². The molecule has 1 aliphatic heterocycles. The van der Waals surface area contributed by atoms with Crippen LogP contribution >= 0.6 is 34.5 Å². The van der Waals surface area contributed by atoms with Crippen LogP contribution in [0.15, 0.2) is 54.6 Å². The number of hydrogen-bond acceptors (Lipinski definition) is 5. The van der Waals surface area contributed by atoms with Gasteiger partial charge in [-0.1, -0.05) is 89.1 Å². The van der Waals surface area contributed by atoms with Crippen LogP contribution in [-0.2, 0) is 6.42 Å². The number of aromatic amines is 1. The van der Waals surface area contributed by atoms with Crippen molar-refractivity contribution >= 4 is 81.1 Å². The summed E-state index contributed by atoms with van der Waals surface area (Å²) in [5, 5.41) is 14.2. The van der Waals surface area contributed by atoms with Gasteiger partial charge in [-0.25, -0.2) is 9.78 Å². The average Bonchev–Trinajstić information content (AvgIpc) is 3.27. The van der Waals surface area contributed by atoms with Crippen molar-refractivity contribution < 1.29 is 14.7 Å². The summed E-state index contributed by atoms with van der Waals surface area (Å²) in [4.78, 5) is 34.8. The number of carbonyl (C=O) groups is 2. The Kier molecular flexibility index (Phi) is 8.15. The summed E-state index contributed by atoms with van der Waals surface area (Å²) in [5.74, 6) is -0.652. The quantitative estimate of drug-likeness (QED) is 0.255. The zero-order chi connectivity index (χ0) is 26.6. The molecular weight excluding hydrogens is 566 g/mol. The fourth-order valence-corrected chi connectivity index (χ4v) is 6.60. The fourth-order valence-electron chi connectivity index (χ4n) is 5.25. The number of carbonyl (C=O) groups excluding carboxylic acids is 1. The van der Waals surface area contributed by atoms with E-state index in [0.717, 1.165) is 16.7 Å². The molecule has 1 saturated carbocycles. The molecule has 3 N–H and O–H groups in total. The third-order valence-corrected chi connectivity index (χ3v) is 9.45. The van der Waals surface area contributed by atoms with Gasteiger partial charge in [-0.15, -0.1) is 0 Å². The van der Waals surface area contributed by atoms with Crippen molar-refractivity contribution in [1.82, 2.24) is 15.3 Å². The Labute approximate surface area is 261 Å². The van der Waals surface area contributed by atoms with E-state index in [4.69, 9.17) is 28.2 Å².